The van der Waals surface area contributed by atoms with Crippen LogP contribution in [0.3, 0.4) is 0 Å². The Balaban J connectivity index is 1.73. The molecule has 1 aromatic carbocycles. The number of hydrogen-bond donors (Lipinski definition) is 1. The van der Waals surface area contributed by atoms with Gasteiger partial charge in [0.2, 0.25) is 10.0 Å². The highest BCUT2D eigenvalue weighted by Crippen LogP contribution is 2.22. The molecule has 26 heavy (non-hydrogen) atoms. The SMILES string of the molecule is CCNc1cc(N2CCN(S(=O)(=O)c3cccc(C)c3)CC2)nc(C)n1. The summed E-state index contributed by atoms with van der Waals surface area (Å²) in [7, 11) is -3.45. The van der Waals surface area contributed by atoms with Gasteiger partial charge in [0.15, 0.2) is 0 Å². The van der Waals surface area contributed by atoms with Crippen molar-refractivity contribution >= 4 is 21.7 Å². The molecule has 0 aliphatic carbocycles. The number of rotatable bonds is 5. The first-order valence-electron chi connectivity index (χ1n) is 8.81. The van der Waals surface area contributed by atoms with Crippen molar-refractivity contribution < 1.29 is 8.42 Å². The molecule has 0 amide bonds. The summed E-state index contributed by atoms with van der Waals surface area (Å²) in [5, 5.41) is 3.20. The van der Waals surface area contributed by atoms with Gasteiger partial charge in [-0.15, -0.1) is 0 Å². The van der Waals surface area contributed by atoms with Gasteiger partial charge in [0, 0.05) is 38.8 Å². The second-order valence-corrected chi connectivity index (χ2v) is 8.33. The lowest BCUT2D eigenvalue weighted by Crippen LogP contribution is -2.49. The third-order valence-electron chi connectivity index (χ3n) is 4.37. The van der Waals surface area contributed by atoms with Gasteiger partial charge in [-0.2, -0.15) is 4.31 Å². The highest BCUT2D eigenvalue weighted by molar-refractivity contribution is 7.89. The molecule has 1 N–H and O–H groups in total. The van der Waals surface area contributed by atoms with E-state index in [1.54, 1.807) is 22.5 Å². The zero-order valence-electron chi connectivity index (χ0n) is 15.4. The molecule has 8 heteroatoms. The van der Waals surface area contributed by atoms with E-state index in [1.807, 2.05) is 32.9 Å². The summed E-state index contributed by atoms with van der Waals surface area (Å²) in [6, 6.07) is 8.98. The summed E-state index contributed by atoms with van der Waals surface area (Å²) in [6.45, 7) is 8.66. The molecule has 2 aromatic rings. The Morgan fingerprint density at radius 1 is 1.08 bits per heavy atom. The fourth-order valence-electron chi connectivity index (χ4n) is 3.07. The fraction of sp³-hybridized carbons (Fsp3) is 0.444. The van der Waals surface area contributed by atoms with E-state index < -0.39 is 10.0 Å². The molecule has 1 saturated heterocycles. The number of aryl methyl sites for hydroxylation is 2. The van der Waals surface area contributed by atoms with Crippen LogP contribution in [0.5, 0.6) is 0 Å². The van der Waals surface area contributed by atoms with E-state index in [4.69, 9.17) is 0 Å². The highest BCUT2D eigenvalue weighted by Gasteiger charge is 2.29. The summed E-state index contributed by atoms with van der Waals surface area (Å²) in [4.78, 5) is 11.3. The Morgan fingerprint density at radius 3 is 2.46 bits per heavy atom. The van der Waals surface area contributed by atoms with Gasteiger partial charge in [-0.05, 0) is 38.5 Å². The van der Waals surface area contributed by atoms with Gasteiger partial charge < -0.3 is 10.2 Å². The molecule has 0 atom stereocenters. The van der Waals surface area contributed by atoms with Crippen LogP contribution in [0.1, 0.15) is 18.3 Å². The molecule has 0 saturated carbocycles. The van der Waals surface area contributed by atoms with Gasteiger partial charge in [0.05, 0.1) is 4.90 Å². The number of hydrogen-bond acceptors (Lipinski definition) is 6. The van der Waals surface area contributed by atoms with Crippen LogP contribution in [0.2, 0.25) is 0 Å². The first-order valence-corrected chi connectivity index (χ1v) is 10.3. The van der Waals surface area contributed by atoms with Crippen LogP contribution in [0.25, 0.3) is 0 Å². The topological polar surface area (TPSA) is 78.4 Å². The van der Waals surface area contributed by atoms with Crippen molar-refractivity contribution in [3.05, 3.63) is 41.7 Å². The van der Waals surface area contributed by atoms with Crippen molar-refractivity contribution in [1.29, 1.82) is 0 Å². The first-order chi connectivity index (χ1) is 12.4. The minimum absolute atomic E-state index is 0.360. The molecule has 0 spiro atoms. The molecule has 1 aromatic heterocycles. The van der Waals surface area contributed by atoms with Gasteiger partial charge in [-0.1, -0.05) is 12.1 Å². The maximum Gasteiger partial charge on any atom is 0.243 e. The molecular weight excluding hydrogens is 350 g/mol. The Hall–Kier alpha value is -2.19. The molecule has 2 heterocycles. The van der Waals surface area contributed by atoms with E-state index >= 15 is 0 Å². The van der Waals surface area contributed by atoms with E-state index in [-0.39, 0.29) is 0 Å². The minimum Gasteiger partial charge on any atom is -0.370 e. The third-order valence-corrected chi connectivity index (χ3v) is 6.27. The lowest BCUT2D eigenvalue weighted by atomic mass is 10.2. The minimum atomic E-state index is -3.45. The first kappa shape index (κ1) is 18.6. The van der Waals surface area contributed by atoms with E-state index in [0.717, 1.165) is 23.7 Å². The highest BCUT2D eigenvalue weighted by atomic mass is 32.2. The van der Waals surface area contributed by atoms with E-state index in [0.29, 0.717) is 36.9 Å². The van der Waals surface area contributed by atoms with Crippen molar-refractivity contribution in [1.82, 2.24) is 14.3 Å². The zero-order chi connectivity index (χ0) is 18.7. The van der Waals surface area contributed by atoms with Crippen LogP contribution in [0.4, 0.5) is 11.6 Å². The summed E-state index contributed by atoms with van der Waals surface area (Å²) in [5.74, 6) is 2.33. The predicted molar refractivity (Wildman–Crippen MR) is 103 cm³/mol. The Labute approximate surface area is 155 Å². The summed E-state index contributed by atoms with van der Waals surface area (Å²) in [6.07, 6.45) is 0. The van der Waals surface area contributed by atoms with Crippen LogP contribution in [0, 0.1) is 13.8 Å². The monoisotopic (exact) mass is 375 g/mol. The summed E-state index contributed by atoms with van der Waals surface area (Å²) in [5.41, 5.74) is 0.942. The van der Waals surface area contributed by atoms with Gasteiger partial charge >= 0.3 is 0 Å². The molecular formula is C18H25N5O2S. The van der Waals surface area contributed by atoms with Crippen LogP contribution in [-0.2, 0) is 10.0 Å². The Kier molecular flexibility index (Phi) is 5.43. The Bertz CT molecular complexity index is 877. The maximum atomic E-state index is 12.8. The fourth-order valence-corrected chi connectivity index (χ4v) is 4.60. The number of nitrogens with zero attached hydrogens (tertiary/aromatic N) is 4. The van der Waals surface area contributed by atoms with Gasteiger partial charge in [0.25, 0.3) is 0 Å². The van der Waals surface area contributed by atoms with Crippen molar-refractivity contribution in [2.75, 3.05) is 42.9 Å². The number of anilines is 2. The third kappa shape index (κ3) is 3.96. The average Bonchev–Trinajstić information content (AvgIpc) is 2.61. The van der Waals surface area contributed by atoms with Crippen LogP contribution in [0.15, 0.2) is 35.2 Å². The van der Waals surface area contributed by atoms with E-state index in [9.17, 15) is 8.42 Å². The number of sulfonamides is 1. The average molecular weight is 375 g/mol. The predicted octanol–water partition coefficient (Wildman–Crippen LogP) is 2.04. The number of benzene rings is 1. The zero-order valence-corrected chi connectivity index (χ0v) is 16.3. The lowest BCUT2D eigenvalue weighted by Gasteiger charge is -2.34. The summed E-state index contributed by atoms with van der Waals surface area (Å²) < 4.78 is 27.2. The second-order valence-electron chi connectivity index (χ2n) is 6.40. The van der Waals surface area contributed by atoms with Crippen LogP contribution >= 0.6 is 0 Å². The molecule has 0 unspecified atom stereocenters. The molecule has 0 bridgehead atoms. The van der Waals surface area contributed by atoms with Crippen LogP contribution < -0.4 is 10.2 Å². The van der Waals surface area contributed by atoms with Crippen LogP contribution in [-0.4, -0.2) is 55.4 Å². The van der Waals surface area contributed by atoms with E-state index in [2.05, 4.69) is 20.2 Å². The molecule has 3 rings (SSSR count). The molecule has 140 valence electrons. The standard InChI is InChI=1S/C18H25N5O2S/c1-4-19-17-13-18(21-15(3)20-17)22-8-10-23(11-9-22)26(24,25)16-7-5-6-14(2)12-16/h5-7,12-13H,4,8-11H2,1-3H3,(H,19,20,21). The van der Waals surface area contributed by atoms with Gasteiger partial charge in [0.1, 0.15) is 17.5 Å². The van der Waals surface area contributed by atoms with Crippen molar-refractivity contribution in [3.63, 3.8) is 0 Å². The number of nitrogens with one attached hydrogen (secondary N) is 1. The van der Waals surface area contributed by atoms with Gasteiger partial charge in [-0.3, -0.25) is 0 Å². The van der Waals surface area contributed by atoms with Crippen molar-refractivity contribution in [3.8, 4) is 0 Å². The molecule has 1 aliphatic rings. The maximum absolute atomic E-state index is 12.8. The second kappa shape index (κ2) is 7.59. The van der Waals surface area contributed by atoms with Crippen molar-refractivity contribution in [2.45, 2.75) is 25.7 Å². The lowest BCUT2D eigenvalue weighted by molar-refractivity contribution is 0.383. The normalized spacial score (nSPS) is 15.9. The number of aromatic nitrogens is 2. The van der Waals surface area contributed by atoms with E-state index in [1.165, 1.54) is 0 Å². The van der Waals surface area contributed by atoms with Gasteiger partial charge in [-0.25, -0.2) is 18.4 Å². The Morgan fingerprint density at radius 2 is 1.81 bits per heavy atom. The number of piperazine rings is 1. The molecule has 7 nitrogen and oxygen atoms in total. The molecule has 1 fully saturated rings. The smallest absolute Gasteiger partial charge is 0.243 e. The quantitative estimate of drug-likeness (QED) is 0.862. The summed E-state index contributed by atoms with van der Waals surface area (Å²) >= 11 is 0. The largest absolute Gasteiger partial charge is 0.370 e. The molecule has 0 radical (unpaired) electrons. The van der Waals surface area contributed by atoms with Crippen molar-refractivity contribution in [2.24, 2.45) is 0 Å². The molecule has 1 aliphatic heterocycles.